The summed E-state index contributed by atoms with van der Waals surface area (Å²) in [6.07, 6.45) is 1.02. The van der Waals surface area contributed by atoms with Gasteiger partial charge in [0, 0.05) is 10.6 Å². The topological polar surface area (TPSA) is 79.5 Å². The van der Waals surface area contributed by atoms with Crippen LogP contribution in [0.4, 0.5) is 5.69 Å². The molecule has 0 aliphatic carbocycles. The zero-order chi connectivity index (χ0) is 16.9. The molecular weight excluding hydrogens is 341 g/mol. The Hall–Kier alpha value is -1.82. The molecule has 2 N–H and O–H groups in total. The van der Waals surface area contributed by atoms with Gasteiger partial charge < -0.3 is 14.8 Å². The third-order valence-electron chi connectivity index (χ3n) is 3.95. The van der Waals surface area contributed by atoms with Crippen molar-refractivity contribution in [3.8, 4) is 0 Å². The molecule has 0 saturated heterocycles. The molecule has 0 radical (unpaired) electrons. The highest BCUT2D eigenvalue weighted by atomic mass is 35.5. The van der Waals surface area contributed by atoms with Crippen LogP contribution in [-0.4, -0.2) is 16.8 Å². The van der Waals surface area contributed by atoms with E-state index in [1.807, 2.05) is 0 Å². The van der Waals surface area contributed by atoms with Gasteiger partial charge in [0.15, 0.2) is 11.4 Å². The predicted octanol–water partition coefficient (Wildman–Crippen LogP) is 3.62. The number of halogens is 2. The van der Waals surface area contributed by atoms with Gasteiger partial charge in [0.1, 0.15) is 5.76 Å². The molecule has 1 amide bonds. The van der Waals surface area contributed by atoms with E-state index in [1.165, 1.54) is 18.4 Å². The van der Waals surface area contributed by atoms with Gasteiger partial charge in [-0.1, -0.05) is 23.2 Å². The Morgan fingerprint density at radius 1 is 1.35 bits per heavy atom. The molecule has 0 saturated carbocycles. The first-order valence-corrected chi connectivity index (χ1v) is 7.61. The number of Topliss-reactive ketones (excluding diaryl/α,β-unsaturated/α-hetero) is 1. The molecule has 120 valence electrons. The van der Waals surface area contributed by atoms with Crippen LogP contribution < -0.4 is 5.32 Å². The molecule has 0 spiro atoms. The molecule has 0 fully saturated rings. The Kier molecular flexibility index (Phi) is 3.75. The van der Waals surface area contributed by atoms with Gasteiger partial charge in [-0.2, -0.15) is 0 Å². The van der Waals surface area contributed by atoms with Gasteiger partial charge in [0.05, 0.1) is 29.0 Å². The van der Waals surface area contributed by atoms with Gasteiger partial charge in [0.25, 0.3) is 5.91 Å². The third kappa shape index (κ3) is 2.45. The summed E-state index contributed by atoms with van der Waals surface area (Å²) in [5, 5.41) is 13.8. The number of amides is 1. The van der Waals surface area contributed by atoms with E-state index < -0.39 is 23.7 Å². The maximum Gasteiger partial charge on any atom is 0.261 e. The highest BCUT2D eigenvalue weighted by Crippen LogP contribution is 2.44. The van der Waals surface area contributed by atoms with E-state index in [0.29, 0.717) is 27.6 Å². The van der Waals surface area contributed by atoms with Crippen LogP contribution in [0.1, 0.15) is 33.7 Å². The van der Waals surface area contributed by atoms with E-state index in [0.717, 1.165) is 0 Å². The highest BCUT2D eigenvalue weighted by molar-refractivity contribution is 6.36. The first-order valence-electron chi connectivity index (χ1n) is 6.85. The lowest BCUT2D eigenvalue weighted by atomic mass is 9.87. The Bertz CT molecular complexity index is 823. The molecule has 1 aromatic carbocycles. The Balaban J connectivity index is 2.04. The highest BCUT2D eigenvalue weighted by Gasteiger charge is 2.48. The Labute approximate surface area is 142 Å². The second-order valence-corrected chi connectivity index (χ2v) is 6.42. The molecule has 7 heteroatoms. The maximum atomic E-state index is 12.6. The van der Waals surface area contributed by atoms with Crippen molar-refractivity contribution in [1.82, 2.24) is 0 Å². The number of aliphatic hydroxyl groups is 1. The van der Waals surface area contributed by atoms with Crippen molar-refractivity contribution < 1.29 is 19.1 Å². The molecule has 0 bridgehead atoms. The maximum absolute atomic E-state index is 12.6. The number of anilines is 1. The van der Waals surface area contributed by atoms with Crippen LogP contribution in [0.25, 0.3) is 0 Å². The summed E-state index contributed by atoms with van der Waals surface area (Å²) in [4.78, 5) is 24.8. The van der Waals surface area contributed by atoms with Crippen molar-refractivity contribution >= 4 is 40.6 Å². The van der Waals surface area contributed by atoms with E-state index in [2.05, 4.69) is 5.32 Å². The lowest BCUT2D eigenvalue weighted by molar-refractivity contribution is -0.133. The smallest absolute Gasteiger partial charge is 0.261 e. The fourth-order valence-corrected chi connectivity index (χ4v) is 3.56. The summed E-state index contributed by atoms with van der Waals surface area (Å²) in [6, 6.07) is 2.91. The van der Waals surface area contributed by atoms with E-state index in [-0.39, 0.29) is 10.6 Å². The van der Waals surface area contributed by atoms with Crippen molar-refractivity contribution in [3.63, 3.8) is 0 Å². The number of carbonyl (C=O) groups is 2. The van der Waals surface area contributed by atoms with E-state index in [1.54, 1.807) is 13.8 Å². The fourth-order valence-electron chi connectivity index (χ4n) is 2.91. The van der Waals surface area contributed by atoms with Crippen molar-refractivity contribution in [2.24, 2.45) is 0 Å². The zero-order valence-electron chi connectivity index (χ0n) is 12.4. The standard InChI is InChI=1S/C16H13Cl2NO4/c1-7-6-23-8(2)13(7)12(20)5-16(22)14-10(18)3-9(17)4-11(14)19-15(16)21/h3-4,6,22H,5H2,1-2H3,(H,19,21)/t16-/m0/s1. The summed E-state index contributed by atoms with van der Waals surface area (Å²) >= 11 is 12.0. The number of furan rings is 1. The lowest BCUT2D eigenvalue weighted by Gasteiger charge is -2.21. The zero-order valence-corrected chi connectivity index (χ0v) is 13.9. The minimum atomic E-state index is -2.04. The number of ketones is 1. The molecule has 1 aliphatic heterocycles. The molecule has 1 aromatic heterocycles. The number of hydrogen-bond donors (Lipinski definition) is 2. The number of benzene rings is 1. The van der Waals surface area contributed by atoms with Crippen LogP contribution >= 0.6 is 23.2 Å². The Morgan fingerprint density at radius 2 is 2.04 bits per heavy atom. The SMILES string of the molecule is Cc1coc(C)c1C(=O)C[C@@]1(O)C(=O)Nc2cc(Cl)cc(Cl)c21. The molecule has 3 rings (SSSR count). The van der Waals surface area contributed by atoms with Gasteiger partial charge in [-0.3, -0.25) is 9.59 Å². The van der Waals surface area contributed by atoms with Crippen LogP contribution in [0.2, 0.25) is 10.0 Å². The summed E-state index contributed by atoms with van der Waals surface area (Å²) in [5.74, 6) is -0.661. The number of hydrogen-bond acceptors (Lipinski definition) is 4. The van der Waals surface area contributed by atoms with Crippen molar-refractivity contribution in [2.45, 2.75) is 25.9 Å². The van der Waals surface area contributed by atoms with Crippen LogP contribution in [0.5, 0.6) is 0 Å². The molecule has 2 heterocycles. The average Bonchev–Trinajstić information content (AvgIpc) is 2.87. The van der Waals surface area contributed by atoms with Crippen LogP contribution in [0.3, 0.4) is 0 Å². The second kappa shape index (κ2) is 5.37. The predicted molar refractivity (Wildman–Crippen MR) is 86.1 cm³/mol. The summed E-state index contributed by atoms with van der Waals surface area (Å²) in [7, 11) is 0. The van der Waals surface area contributed by atoms with E-state index in [4.69, 9.17) is 27.6 Å². The van der Waals surface area contributed by atoms with Crippen molar-refractivity contribution in [3.05, 3.63) is 50.9 Å². The second-order valence-electron chi connectivity index (χ2n) is 5.57. The van der Waals surface area contributed by atoms with Gasteiger partial charge >= 0.3 is 0 Å². The van der Waals surface area contributed by atoms with Crippen LogP contribution in [-0.2, 0) is 10.4 Å². The third-order valence-corrected chi connectivity index (χ3v) is 4.46. The normalized spacial score (nSPS) is 19.6. The number of nitrogens with one attached hydrogen (secondary N) is 1. The number of carbonyl (C=O) groups excluding carboxylic acids is 2. The lowest BCUT2D eigenvalue weighted by Crippen LogP contribution is -2.36. The largest absolute Gasteiger partial charge is 0.469 e. The molecule has 1 aliphatic rings. The first kappa shape index (κ1) is 16.1. The Morgan fingerprint density at radius 3 is 2.65 bits per heavy atom. The van der Waals surface area contributed by atoms with Gasteiger partial charge in [-0.05, 0) is 31.5 Å². The van der Waals surface area contributed by atoms with Crippen molar-refractivity contribution in [1.29, 1.82) is 0 Å². The number of fused-ring (bicyclic) bond motifs is 1. The van der Waals surface area contributed by atoms with Crippen LogP contribution in [0.15, 0.2) is 22.8 Å². The quantitative estimate of drug-likeness (QED) is 0.826. The summed E-state index contributed by atoms with van der Waals surface area (Å²) < 4.78 is 5.20. The number of aryl methyl sites for hydroxylation is 2. The fraction of sp³-hybridized carbons (Fsp3) is 0.250. The molecule has 2 aromatic rings. The molecule has 23 heavy (non-hydrogen) atoms. The van der Waals surface area contributed by atoms with Crippen molar-refractivity contribution in [2.75, 3.05) is 5.32 Å². The number of rotatable bonds is 3. The summed E-state index contributed by atoms with van der Waals surface area (Å²) in [5.41, 5.74) is -0.546. The van der Waals surface area contributed by atoms with Gasteiger partial charge in [-0.25, -0.2) is 0 Å². The minimum absolute atomic E-state index is 0.127. The average molecular weight is 354 g/mol. The molecule has 0 unspecified atom stereocenters. The molecule has 1 atom stereocenters. The summed E-state index contributed by atoms with van der Waals surface area (Å²) in [6.45, 7) is 3.38. The van der Waals surface area contributed by atoms with E-state index >= 15 is 0 Å². The van der Waals surface area contributed by atoms with Gasteiger partial charge in [0.2, 0.25) is 0 Å². The minimum Gasteiger partial charge on any atom is -0.469 e. The van der Waals surface area contributed by atoms with Gasteiger partial charge in [-0.15, -0.1) is 0 Å². The monoisotopic (exact) mass is 353 g/mol. The molecular formula is C16H13Cl2NO4. The first-order chi connectivity index (χ1) is 10.7. The molecule has 5 nitrogen and oxygen atoms in total. The van der Waals surface area contributed by atoms with Crippen LogP contribution in [0, 0.1) is 13.8 Å². The van der Waals surface area contributed by atoms with E-state index in [9.17, 15) is 14.7 Å².